The molecule has 0 aromatic heterocycles. The molecule has 0 bridgehead atoms. The summed E-state index contributed by atoms with van der Waals surface area (Å²) < 4.78 is 22.1. The molecule has 1 heterocycles. The van der Waals surface area contributed by atoms with E-state index < -0.39 is 7.52 Å². The first-order chi connectivity index (χ1) is 9.86. The van der Waals surface area contributed by atoms with Gasteiger partial charge in [-0.15, -0.1) is 0 Å². The van der Waals surface area contributed by atoms with E-state index in [2.05, 4.69) is 44.5 Å². The van der Waals surface area contributed by atoms with Gasteiger partial charge in [0.15, 0.2) is 0 Å². The lowest BCUT2D eigenvalue weighted by Crippen LogP contribution is -2.39. The van der Waals surface area contributed by atoms with Crippen LogP contribution in [-0.2, 0) is 9.09 Å². The molecule has 2 rings (SSSR count). The van der Waals surface area contributed by atoms with Crippen LogP contribution in [0.15, 0.2) is 30.3 Å². The van der Waals surface area contributed by atoms with Crippen LogP contribution in [-0.4, -0.2) is 23.4 Å². The lowest BCUT2D eigenvalue weighted by molar-refractivity contribution is 0.120. The first kappa shape index (κ1) is 16.7. The SMILES string of the molecule is CC(C)[C@@H](c1ccccc1)[P@@]1(=O)O[C@@H](C)CCN1C(C)C. The van der Waals surface area contributed by atoms with Crippen LogP contribution >= 0.6 is 7.52 Å². The largest absolute Gasteiger partial charge is 0.314 e. The number of hydrogen-bond acceptors (Lipinski definition) is 2. The number of nitrogens with zero attached hydrogens (tertiary/aromatic N) is 1. The molecule has 0 aliphatic carbocycles. The molecule has 118 valence electrons. The molecule has 1 saturated heterocycles. The molecule has 3 nitrogen and oxygen atoms in total. The molecule has 0 saturated carbocycles. The fourth-order valence-corrected chi connectivity index (χ4v) is 6.76. The van der Waals surface area contributed by atoms with Crippen LogP contribution in [0.3, 0.4) is 0 Å². The van der Waals surface area contributed by atoms with E-state index in [9.17, 15) is 4.57 Å². The summed E-state index contributed by atoms with van der Waals surface area (Å²) in [5, 5.41) is 0. The zero-order valence-corrected chi connectivity index (χ0v) is 14.7. The van der Waals surface area contributed by atoms with Crippen molar-refractivity contribution in [1.82, 2.24) is 4.67 Å². The maximum absolute atomic E-state index is 13.9. The van der Waals surface area contributed by atoms with Crippen molar-refractivity contribution in [1.29, 1.82) is 0 Å². The van der Waals surface area contributed by atoms with Crippen molar-refractivity contribution >= 4 is 7.52 Å². The molecule has 1 aromatic rings. The number of rotatable bonds is 4. The number of hydrogen-bond donors (Lipinski definition) is 0. The second-order valence-corrected chi connectivity index (χ2v) is 9.03. The zero-order chi connectivity index (χ0) is 15.6. The summed E-state index contributed by atoms with van der Waals surface area (Å²) in [6.45, 7) is 11.4. The second kappa shape index (κ2) is 6.64. The average Bonchev–Trinajstić information content (AvgIpc) is 2.38. The molecule has 0 amide bonds. The second-order valence-electron chi connectivity index (χ2n) is 6.63. The summed E-state index contributed by atoms with van der Waals surface area (Å²) in [5.74, 6) is 0.268. The Balaban J connectivity index is 2.47. The maximum atomic E-state index is 13.9. The third-order valence-electron chi connectivity index (χ3n) is 4.17. The van der Waals surface area contributed by atoms with Gasteiger partial charge < -0.3 is 4.52 Å². The van der Waals surface area contributed by atoms with Crippen molar-refractivity contribution in [2.24, 2.45) is 5.92 Å². The minimum absolute atomic E-state index is 0.0656. The highest BCUT2D eigenvalue weighted by atomic mass is 31.2. The predicted molar refractivity (Wildman–Crippen MR) is 88.6 cm³/mol. The highest BCUT2D eigenvalue weighted by Gasteiger charge is 2.47. The first-order valence-electron chi connectivity index (χ1n) is 7.96. The predicted octanol–water partition coefficient (Wildman–Crippen LogP) is 5.10. The van der Waals surface area contributed by atoms with Gasteiger partial charge in [-0.1, -0.05) is 44.2 Å². The van der Waals surface area contributed by atoms with E-state index in [1.54, 1.807) is 0 Å². The average molecular weight is 309 g/mol. The molecule has 0 radical (unpaired) electrons. The van der Waals surface area contributed by atoms with Gasteiger partial charge in [0.2, 0.25) is 0 Å². The standard InChI is InChI=1S/C17H28NO2P/c1-13(2)17(16-9-7-6-8-10-16)21(19)18(14(3)4)12-11-15(5)20-21/h6-10,13-15,17H,11-12H2,1-5H3/t15-,17-,21+/m0/s1. The minimum atomic E-state index is -2.89. The molecular formula is C17H28NO2P. The Kier molecular flexibility index (Phi) is 5.29. The van der Waals surface area contributed by atoms with Gasteiger partial charge in [-0.25, -0.2) is 4.67 Å². The fourth-order valence-electron chi connectivity index (χ4n) is 3.23. The quantitative estimate of drug-likeness (QED) is 0.725. The Morgan fingerprint density at radius 1 is 1.19 bits per heavy atom. The summed E-state index contributed by atoms with van der Waals surface area (Å²) in [6, 6.07) is 10.4. The molecule has 4 heteroatoms. The Hall–Kier alpha value is -0.630. The van der Waals surface area contributed by atoms with Gasteiger partial charge in [0.05, 0.1) is 11.8 Å². The minimum Gasteiger partial charge on any atom is -0.314 e. The van der Waals surface area contributed by atoms with Gasteiger partial charge >= 0.3 is 0 Å². The Bertz CT molecular complexity index is 501. The normalized spacial score (nSPS) is 29.0. The summed E-state index contributed by atoms with van der Waals surface area (Å²) in [6.07, 6.45) is 1.01. The van der Waals surface area contributed by atoms with Crippen LogP contribution in [0.5, 0.6) is 0 Å². The van der Waals surface area contributed by atoms with Gasteiger partial charge in [-0.2, -0.15) is 0 Å². The molecule has 1 aliphatic rings. The first-order valence-corrected chi connectivity index (χ1v) is 9.61. The van der Waals surface area contributed by atoms with E-state index in [1.165, 1.54) is 0 Å². The van der Waals surface area contributed by atoms with Crippen molar-refractivity contribution < 1.29 is 9.09 Å². The van der Waals surface area contributed by atoms with Gasteiger partial charge in [0.1, 0.15) is 0 Å². The molecule has 1 aliphatic heterocycles. The fraction of sp³-hybridized carbons (Fsp3) is 0.647. The summed E-state index contributed by atoms with van der Waals surface area (Å²) in [5.41, 5.74) is 1.06. The van der Waals surface area contributed by atoms with Crippen molar-refractivity contribution in [3.63, 3.8) is 0 Å². The third kappa shape index (κ3) is 3.41. The molecule has 0 N–H and O–H groups in total. The van der Waals surface area contributed by atoms with Crippen LogP contribution in [0.2, 0.25) is 0 Å². The smallest absolute Gasteiger partial charge is 0.280 e. The van der Waals surface area contributed by atoms with E-state index in [1.807, 2.05) is 25.1 Å². The monoisotopic (exact) mass is 309 g/mol. The Labute approximate surface area is 129 Å². The van der Waals surface area contributed by atoms with Crippen LogP contribution in [0, 0.1) is 5.92 Å². The third-order valence-corrected chi connectivity index (χ3v) is 7.81. The maximum Gasteiger partial charge on any atom is 0.280 e. The topological polar surface area (TPSA) is 29.5 Å². The van der Waals surface area contributed by atoms with Crippen LogP contribution < -0.4 is 0 Å². The highest BCUT2D eigenvalue weighted by molar-refractivity contribution is 7.57. The summed E-state index contributed by atoms with van der Waals surface area (Å²) >= 11 is 0. The van der Waals surface area contributed by atoms with E-state index in [4.69, 9.17) is 4.52 Å². The molecule has 1 aromatic carbocycles. The van der Waals surface area contributed by atoms with Gasteiger partial charge in [-0.3, -0.25) is 4.57 Å². The highest BCUT2D eigenvalue weighted by Crippen LogP contribution is 2.68. The summed E-state index contributed by atoms with van der Waals surface area (Å²) in [4.78, 5) is 0. The summed E-state index contributed by atoms with van der Waals surface area (Å²) in [7, 11) is -2.89. The zero-order valence-electron chi connectivity index (χ0n) is 13.8. The number of benzene rings is 1. The Morgan fingerprint density at radius 3 is 2.33 bits per heavy atom. The van der Waals surface area contributed by atoms with Crippen molar-refractivity contribution in [2.75, 3.05) is 6.54 Å². The van der Waals surface area contributed by atoms with E-state index in [0.29, 0.717) is 0 Å². The molecule has 0 unspecified atom stereocenters. The molecule has 21 heavy (non-hydrogen) atoms. The molecular weight excluding hydrogens is 281 g/mol. The van der Waals surface area contributed by atoms with E-state index >= 15 is 0 Å². The molecule has 3 atom stereocenters. The van der Waals surface area contributed by atoms with Crippen molar-refractivity contribution in [2.45, 2.75) is 58.8 Å². The van der Waals surface area contributed by atoms with E-state index in [-0.39, 0.29) is 23.7 Å². The molecule has 0 spiro atoms. The lowest BCUT2D eigenvalue weighted by Gasteiger charge is -2.45. The van der Waals surface area contributed by atoms with Crippen molar-refractivity contribution in [3.05, 3.63) is 35.9 Å². The van der Waals surface area contributed by atoms with Crippen molar-refractivity contribution in [3.8, 4) is 0 Å². The van der Waals surface area contributed by atoms with Crippen LogP contribution in [0.4, 0.5) is 0 Å². The lowest BCUT2D eigenvalue weighted by atomic mass is 10.0. The Morgan fingerprint density at radius 2 is 1.81 bits per heavy atom. The van der Waals surface area contributed by atoms with Crippen LogP contribution in [0.1, 0.15) is 52.3 Å². The van der Waals surface area contributed by atoms with Gasteiger partial charge in [-0.05, 0) is 38.7 Å². The van der Waals surface area contributed by atoms with Gasteiger partial charge in [0.25, 0.3) is 7.52 Å². The van der Waals surface area contributed by atoms with Gasteiger partial charge in [0, 0.05) is 12.6 Å². The van der Waals surface area contributed by atoms with E-state index in [0.717, 1.165) is 18.5 Å². The van der Waals surface area contributed by atoms with Crippen LogP contribution in [0.25, 0.3) is 0 Å². The molecule has 1 fully saturated rings.